The van der Waals surface area contributed by atoms with E-state index in [0.717, 1.165) is 18.4 Å². The van der Waals surface area contributed by atoms with Gasteiger partial charge in [-0.3, -0.25) is 0 Å². The number of carboxylic acid groups (broad SMARTS) is 1. The van der Waals surface area contributed by atoms with Crippen LogP contribution in [0.5, 0.6) is 0 Å². The molecule has 6 heteroatoms. The minimum Gasteiger partial charge on any atom is -0.478 e. The molecule has 0 heterocycles. The van der Waals surface area contributed by atoms with Gasteiger partial charge >= 0.3 is 5.97 Å². The first kappa shape index (κ1) is 10.6. The lowest BCUT2D eigenvalue weighted by Crippen LogP contribution is -2.07. The van der Waals surface area contributed by atoms with Crippen molar-refractivity contribution in [1.82, 2.24) is 0 Å². The molecular weight excluding hydrogens is 211 g/mol. The third kappa shape index (κ3) is 2.08. The van der Waals surface area contributed by atoms with E-state index in [0.29, 0.717) is 6.07 Å². The van der Waals surface area contributed by atoms with E-state index in [-0.39, 0.29) is 0 Å². The molecule has 1 aromatic rings. The monoisotopic (exact) mass is 218 g/mol. The molecule has 0 saturated heterocycles. The van der Waals surface area contributed by atoms with Crippen LogP contribution < -0.4 is 0 Å². The van der Waals surface area contributed by atoms with E-state index in [9.17, 15) is 17.6 Å². The molecule has 0 aromatic heterocycles. The Morgan fingerprint density at radius 3 is 2.43 bits per heavy atom. The smallest absolute Gasteiger partial charge is 0.337 e. The summed E-state index contributed by atoms with van der Waals surface area (Å²) in [7, 11) is -3.72. The molecule has 0 amide bonds. The number of carbonyl (C=O) groups is 1. The standard InChI is InChI=1S/C8H7FO4S/c1-14(12,13)7-4-5(9)2-3-6(7)8(10)11/h2-4H,1H3,(H,10,11). The zero-order valence-corrected chi connectivity index (χ0v) is 8.01. The van der Waals surface area contributed by atoms with Gasteiger partial charge in [0.1, 0.15) is 5.82 Å². The minimum absolute atomic E-state index is 0.422. The maximum atomic E-state index is 12.7. The van der Waals surface area contributed by atoms with Gasteiger partial charge in [-0.15, -0.1) is 0 Å². The van der Waals surface area contributed by atoms with Crippen molar-refractivity contribution < 1.29 is 22.7 Å². The maximum absolute atomic E-state index is 12.7. The van der Waals surface area contributed by atoms with E-state index in [4.69, 9.17) is 5.11 Å². The number of sulfone groups is 1. The molecule has 76 valence electrons. The first-order chi connectivity index (χ1) is 6.32. The summed E-state index contributed by atoms with van der Waals surface area (Å²) < 4.78 is 34.8. The second-order valence-electron chi connectivity index (χ2n) is 2.72. The lowest BCUT2D eigenvalue weighted by Gasteiger charge is -2.02. The highest BCUT2D eigenvalue weighted by Gasteiger charge is 2.18. The summed E-state index contributed by atoms with van der Waals surface area (Å²) in [5.41, 5.74) is -0.422. The van der Waals surface area contributed by atoms with Gasteiger partial charge in [0.25, 0.3) is 0 Å². The van der Waals surface area contributed by atoms with Gasteiger partial charge in [0.05, 0.1) is 10.5 Å². The van der Waals surface area contributed by atoms with Crippen molar-refractivity contribution in [2.24, 2.45) is 0 Å². The van der Waals surface area contributed by atoms with Gasteiger partial charge in [0, 0.05) is 6.26 Å². The summed E-state index contributed by atoms with van der Waals surface area (Å²) >= 11 is 0. The van der Waals surface area contributed by atoms with Crippen LogP contribution in [0.15, 0.2) is 23.1 Å². The summed E-state index contributed by atoms with van der Waals surface area (Å²) in [4.78, 5) is 10.1. The highest BCUT2D eigenvalue weighted by atomic mass is 32.2. The highest BCUT2D eigenvalue weighted by Crippen LogP contribution is 2.16. The topological polar surface area (TPSA) is 71.4 Å². The quantitative estimate of drug-likeness (QED) is 0.801. The Morgan fingerprint density at radius 2 is 2.00 bits per heavy atom. The van der Waals surface area contributed by atoms with Crippen LogP contribution in [-0.4, -0.2) is 25.7 Å². The number of aromatic carboxylic acids is 1. The van der Waals surface area contributed by atoms with Gasteiger partial charge in [-0.2, -0.15) is 0 Å². The normalized spacial score (nSPS) is 11.3. The molecule has 14 heavy (non-hydrogen) atoms. The van der Waals surface area contributed by atoms with Crippen LogP contribution in [0.25, 0.3) is 0 Å². The van der Waals surface area contributed by atoms with E-state index < -0.39 is 32.1 Å². The molecule has 1 N–H and O–H groups in total. The van der Waals surface area contributed by atoms with E-state index in [2.05, 4.69) is 0 Å². The summed E-state index contributed by atoms with van der Waals surface area (Å²) in [6, 6.07) is 2.52. The molecule has 1 aromatic carbocycles. The van der Waals surface area contributed by atoms with Crippen molar-refractivity contribution in [1.29, 1.82) is 0 Å². The van der Waals surface area contributed by atoms with Crippen molar-refractivity contribution in [3.05, 3.63) is 29.6 Å². The number of benzene rings is 1. The Hall–Kier alpha value is -1.43. The van der Waals surface area contributed by atoms with E-state index in [1.165, 1.54) is 0 Å². The largest absolute Gasteiger partial charge is 0.478 e. The van der Waals surface area contributed by atoms with Crippen LogP contribution >= 0.6 is 0 Å². The van der Waals surface area contributed by atoms with Gasteiger partial charge in [-0.05, 0) is 18.2 Å². The zero-order valence-electron chi connectivity index (χ0n) is 7.19. The summed E-state index contributed by atoms with van der Waals surface area (Å²) in [6.07, 6.45) is 0.828. The second-order valence-corrected chi connectivity index (χ2v) is 4.70. The fourth-order valence-corrected chi connectivity index (χ4v) is 1.86. The molecular formula is C8H7FO4S. The van der Waals surface area contributed by atoms with Crippen LogP contribution in [0, 0.1) is 5.82 Å². The third-order valence-electron chi connectivity index (χ3n) is 1.57. The molecule has 0 aliphatic carbocycles. The van der Waals surface area contributed by atoms with E-state index in [1.807, 2.05) is 0 Å². The number of hydrogen-bond donors (Lipinski definition) is 1. The molecule has 1 rings (SSSR count). The second kappa shape index (κ2) is 3.38. The summed E-state index contributed by atoms with van der Waals surface area (Å²) in [5.74, 6) is -2.18. The van der Waals surface area contributed by atoms with Crippen molar-refractivity contribution in [3.8, 4) is 0 Å². The van der Waals surface area contributed by atoms with Gasteiger partial charge in [-0.1, -0.05) is 0 Å². The SMILES string of the molecule is CS(=O)(=O)c1cc(F)ccc1C(=O)O. The number of hydrogen-bond acceptors (Lipinski definition) is 3. The molecule has 0 bridgehead atoms. The predicted molar refractivity (Wildman–Crippen MR) is 46.5 cm³/mol. The van der Waals surface area contributed by atoms with Crippen LogP contribution in [0.1, 0.15) is 10.4 Å². The molecule has 0 atom stereocenters. The molecule has 0 unspecified atom stereocenters. The molecule has 0 saturated carbocycles. The Morgan fingerprint density at radius 1 is 1.43 bits per heavy atom. The van der Waals surface area contributed by atoms with Gasteiger partial charge in [-0.25, -0.2) is 17.6 Å². The Bertz CT molecular complexity index is 478. The molecule has 0 aliphatic heterocycles. The maximum Gasteiger partial charge on any atom is 0.337 e. The Balaban J connectivity index is 3.54. The van der Waals surface area contributed by atoms with Crippen molar-refractivity contribution in [2.75, 3.05) is 6.26 Å². The Labute approximate surface area is 79.9 Å². The summed E-state index contributed by atoms with van der Waals surface area (Å²) in [6.45, 7) is 0. The molecule has 0 fully saturated rings. The van der Waals surface area contributed by atoms with Crippen LogP contribution in [0.4, 0.5) is 4.39 Å². The highest BCUT2D eigenvalue weighted by molar-refractivity contribution is 7.90. The molecule has 0 aliphatic rings. The van der Waals surface area contributed by atoms with E-state index in [1.54, 1.807) is 0 Å². The number of halogens is 1. The average Bonchev–Trinajstić information content (AvgIpc) is 2.01. The van der Waals surface area contributed by atoms with Crippen molar-refractivity contribution >= 4 is 15.8 Å². The van der Waals surface area contributed by atoms with Gasteiger partial charge in [0.2, 0.25) is 0 Å². The first-order valence-corrected chi connectivity index (χ1v) is 5.44. The van der Waals surface area contributed by atoms with Crippen LogP contribution in [-0.2, 0) is 9.84 Å². The zero-order chi connectivity index (χ0) is 10.9. The molecule has 0 spiro atoms. The van der Waals surface area contributed by atoms with Crippen molar-refractivity contribution in [2.45, 2.75) is 4.90 Å². The fourth-order valence-electron chi connectivity index (χ4n) is 0.980. The Kier molecular flexibility index (Phi) is 2.57. The predicted octanol–water partition coefficient (Wildman–Crippen LogP) is 0.927. The number of carboxylic acids is 1. The molecule has 0 radical (unpaired) electrons. The van der Waals surface area contributed by atoms with Crippen LogP contribution in [0.2, 0.25) is 0 Å². The minimum atomic E-state index is -3.72. The van der Waals surface area contributed by atoms with Crippen molar-refractivity contribution in [3.63, 3.8) is 0 Å². The van der Waals surface area contributed by atoms with Gasteiger partial charge in [0.15, 0.2) is 9.84 Å². The lowest BCUT2D eigenvalue weighted by atomic mass is 10.2. The number of rotatable bonds is 2. The average molecular weight is 218 g/mol. The van der Waals surface area contributed by atoms with Gasteiger partial charge < -0.3 is 5.11 Å². The third-order valence-corrected chi connectivity index (χ3v) is 2.71. The fraction of sp³-hybridized carbons (Fsp3) is 0.125. The molecule has 4 nitrogen and oxygen atoms in total. The first-order valence-electron chi connectivity index (χ1n) is 3.55. The lowest BCUT2D eigenvalue weighted by molar-refractivity contribution is 0.0692. The van der Waals surface area contributed by atoms with Crippen LogP contribution in [0.3, 0.4) is 0 Å². The van der Waals surface area contributed by atoms with E-state index >= 15 is 0 Å². The summed E-state index contributed by atoms with van der Waals surface area (Å²) in [5, 5.41) is 8.63.